The van der Waals surface area contributed by atoms with Crippen LogP contribution >= 0.6 is 0 Å². The summed E-state index contributed by atoms with van der Waals surface area (Å²) in [6.07, 6.45) is 7.93. The molecule has 0 aliphatic heterocycles. The average molecular weight is 501 g/mol. The highest BCUT2D eigenvalue weighted by Crippen LogP contribution is 2.30. The molecule has 35 heavy (non-hydrogen) atoms. The Balaban J connectivity index is -0.000000113. The molecular weight excluding hydrogens is 420 g/mol. The zero-order chi connectivity index (χ0) is 28.6. The Hall–Kier alpha value is 0. The summed E-state index contributed by atoms with van der Waals surface area (Å²) >= 11 is 0. The van der Waals surface area contributed by atoms with Crippen molar-refractivity contribution < 1.29 is 0 Å². The van der Waals surface area contributed by atoms with Gasteiger partial charge in [0.2, 0.25) is 0 Å². The third-order valence-corrected chi connectivity index (χ3v) is 6.98. The van der Waals surface area contributed by atoms with Crippen molar-refractivity contribution in [3.05, 3.63) is 0 Å². The normalized spacial score (nSPS) is 13.9. The van der Waals surface area contributed by atoms with Crippen molar-refractivity contribution in [2.75, 3.05) is 0 Å². The van der Waals surface area contributed by atoms with Gasteiger partial charge < -0.3 is 0 Å². The highest BCUT2D eigenvalue weighted by molar-refractivity contribution is 4.71. The third-order valence-electron chi connectivity index (χ3n) is 6.98. The van der Waals surface area contributed by atoms with Gasteiger partial charge in [0.25, 0.3) is 0 Å². The molecule has 0 heteroatoms. The quantitative estimate of drug-likeness (QED) is 0.340. The maximum Gasteiger partial charge on any atom is -0.0354 e. The van der Waals surface area contributed by atoms with Gasteiger partial charge in [-0.1, -0.05) is 172 Å². The molecule has 2 atom stereocenters. The molecule has 0 amide bonds. The lowest BCUT2D eigenvalue weighted by Gasteiger charge is -2.28. The molecule has 0 heterocycles. The van der Waals surface area contributed by atoms with Crippen LogP contribution in [0.2, 0.25) is 0 Å². The lowest BCUT2D eigenvalue weighted by molar-refractivity contribution is 0.226. The number of hydrogen-bond acceptors (Lipinski definition) is 0. The first-order valence-corrected chi connectivity index (χ1v) is 14.9. The lowest BCUT2D eigenvalue weighted by Crippen LogP contribution is -2.18. The SMILES string of the molecule is C.CC(C)CC(C)(C)C.CCC(C)C(C)(C)C.CCC(C)CC(C)(C)C.CCC(CC)C(C)(C)C. The molecule has 0 aromatic rings. The van der Waals surface area contributed by atoms with Gasteiger partial charge in [-0.3, -0.25) is 0 Å². The maximum atomic E-state index is 2.32. The van der Waals surface area contributed by atoms with Crippen LogP contribution < -0.4 is 0 Å². The van der Waals surface area contributed by atoms with E-state index >= 15 is 0 Å². The Morgan fingerprint density at radius 1 is 0.457 bits per heavy atom. The van der Waals surface area contributed by atoms with Crippen molar-refractivity contribution in [2.45, 2.75) is 184 Å². The molecule has 0 saturated heterocycles. The van der Waals surface area contributed by atoms with E-state index in [0.717, 1.165) is 23.7 Å². The summed E-state index contributed by atoms with van der Waals surface area (Å²) in [5, 5.41) is 0. The van der Waals surface area contributed by atoms with Crippen LogP contribution in [0, 0.1) is 45.3 Å². The minimum atomic E-state index is 0. The molecule has 2 unspecified atom stereocenters. The van der Waals surface area contributed by atoms with Crippen molar-refractivity contribution in [3.8, 4) is 0 Å². The Morgan fingerprint density at radius 3 is 0.829 bits per heavy atom. The Bertz CT molecular complexity index is 409. The molecule has 0 bridgehead atoms. The summed E-state index contributed by atoms with van der Waals surface area (Å²) in [4.78, 5) is 0. The summed E-state index contributed by atoms with van der Waals surface area (Å²) in [6, 6.07) is 0. The van der Waals surface area contributed by atoms with Gasteiger partial charge in [0, 0.05) is 0 Å². The van der Waals surface area contributed by atoms with Crippen molar-refractivity contribution >= 4 is 0 Å². The summed E-state index contributed by atoms with van der Waals surface area (Å²) in [5.41, 5.74) is 2.07. The minimum Gasteiger partial charge on any atom is -0.0776 e. The van der Waals surface area contributed by atoms with E-state index in [0.29, 0.717) is 21.7 Å². The average Bonchev–Trinajstić information content (AvgIpc) is 2.58. The minimum absolute atomic E-state index is 0. The second kappa shape index (κ2) is 21.0. The Labute approximate surface area is 229 Å². The molecule has 0 N–H and O–H groups in total. The fraction of sp³-hybridized carbons (Fsp3) is 1.00. The summed E-state index contributed by atoms with van der Waals surface area (Å²) < 4.78 is 0. The van der Waals surface area contributed by atoms with Crippen LogP contribution in [-0.4, -0.2) is 0 Å². The highest BCUT2D eigenvalue weighted by atomic mass is 14.3. The van der Waals surface area contributed by atoms with E-state index in [1.165, 1.54) is 38.5 Å². The summed E-state index contributed by atoms with van der Waals surface area (Å²) in [5.74, 6) is 3.49. The first-order valence-electron chi connectivity index (χ1n) is 14.9. The zero-order valence-corrected chi connectivity index (χ0v) is 28.6. The van der Waals surface area contributed by atoms with Crippen LogP contribution in [0.15, 0.2) is 0 Å². The standard InChI is InChI=1S/2C9H20.2C8H18.CH4/c1-6-8(2)7-9(3,4)5;1-6-8(7-2)9(3,4)5;1-7(2)6-8(3,4)5;1-6-7(2)8(3,4)5;/h2*8H,6-7H2,1-5H3;2*7H,6H2,1-5H3;1H4. The molecule has 0 fully saturated rings. The first-order chi connectivity index (χ1) is 14.9. The van der Waals surface area contributed by atoms with E-state index in [9.17, 15) is 0 Å². The van der Waals surface area contributed by atoms with Gasteiger partial charge in [-0.15, -0.1) is 0 Å². The van der Waals surface area contributed by atoms with Crippen molar-refractivity contribution in [1.29, 1.82) is 0 Å². The monoisotopic (exact) mass is 501 g/mol. The topological polar surface area (TPSA) is 0 Å². The smallest absolute Gasteiger partial charge is 0.0354 e. The molecule has 0 aliphatic carbocycles. The van der Waals surface area contributed by atoms with Crippen molar-refractivity contribution in [2.24, 2.45) is 45.3 Å². The molecule has 0 aliphatic rings. The van der Waals surface area contributed by atoms with Gasteiger partial charge in [-0.2, -0.15) is 0 Å². The van der Waals surface area contributed by atoms with E-state index in [-0.39, 0.29) is 7.43 Å². The van der Waals surface area contributed by atoms with Crippen LogP contribution in [0.4, 0.5) is 0 Å². The largest absolute Gasteiger partial charge is 0.0776 e. The van der Waals surface area contributed by atoms with E-state index in [1.54, 1.807) is 0 Å². The molecule has 0 radical (unpaired) electrons. The molecule has 220 valence electrons. The maximum absolute atomic E-state index is 2.32. The second-order valence-electron chi connectivity index (χ2n) is 16.0. The van der Waals surface area contributed by atoms with Gasteiger partial charge in [-0.05, 0) is 58.2 Å². The van der Waals surface area contributed by atoms with Crippen LogP contribution in [0.5, 0.6) is 0 Å². The van der Waals surface area contributed by atoms with Crippen molar-refractivity contribution in [1.82, 2.24) is 0 Å². The lowest BCUT2D eigenvalue weighted by atomic mass is 9.78. The zero-order valence-electron chi connectivity index (χ0n) is 28.6. The Kier molecular flexibility index (Phi) is 27.0. The predicted molar refractivity (Wildman–Crippen MR) is 172 cm³/mol. The fourth-order valence-corrected chi connectivity index (χ4v) is 4.54. The van der Waals surface area contributed by atoms with E-state index in [2.05, 4.69) is 138 Å². The summed E-state index contributed by atoms with van der Waals surface area (Å²) in [7, 11) is 0. The van der Waals surface area contributed by atoms with Gasteiger partial charge in [0.15, 0.2) is 0 Å². The van der Waals surface area contributed by atoms with E-state index in [1.807, 2.05) is 0 Å². The van der Waals surface area contributed by atoms with Gasteiger partial charge in [0.1, 0.15) is 0 Å². The van der Waals surface area contributed by atoms with E-state index in [4.69, 9.17) is 0 Å². The molecule has 0 aromatic heterocycles. The molecule has 0 aromatic carbocycles. The fourth-order valence-electron chi connectivity index (χ4n) is 4.54. The summed E-state index contributed by atoms with van der Waals surface area (Å²) in [6.45, 7) is 45.8. The molecule has 0 nitrogen and oxygen atoms in total. The highest BCUT2D eigenvalue weighted by Gasteiger charge is 2.20. The predicted octanol–water partition coefficient (Wildman–Crippen LogP) is 13.7. The van der Waals surface area contributed by atoms with Gasteiger partial charge in [-0.25, -0.2) is 0 Å². The van der Waals surface area contributed by atoms with E-state index < -0.39 is 0 Å². The number of hydrogen-bond donors (Lipinski definition) is 0. The van der Waals surface area contributed by atoms with Crippen LogP contribution in [0.25, 0.3) is 0 Å². The van der Waals surface area contributed by atoms with Crippen LogP contribution in [0.3, 0.4) is 0 Å². The molecule has 0 rings (SSSR count). The van der Waals surface area contributed by atoms with Gasteiger partial charge >= 0.3 is 0 Å². The second-order valence-corrected chi connectivity index (χ2v) is 16.0. The first kappa shape index (κ1) is 45.0. The van der Waals surface area contributed by atoms with Crippen LogP contribution in [-0.2, 0) is 0 Å². The van der Waals surface area contributed by atoms with Crippen LogP contribution in [0.1, 0.15) is 184 Å². The Morgan fingerprint density at radius 2 is 0.800 bits per heavy atom. The van der Waals surface area contributed by atoms with Gasteiger partial charge in [0.05, 0.1) is 0 Å². The van der Waals surface area contributed by atoms with Crippen molar-refractivity contribution in [3.63, 3.8) is 0 Å². The number of rotatable bonds is 6. The third kappa shape index (κ3) is 38.7. The molecule has 0 saturated carbocycles. The molecule has 0 spiro atoms. The molecular formula is C35H80.